The van der Waals surface area contributed by atoms with Gasteiger partial charge in [-0.15, -0.1) is 23.5 Å². The maximum Gasteiger partial charge on any atom is 0.234 e. The van der Waals surface area contributed by atoms with Crippen LogP contribution in [0.25, 0.3) is 0 Å². The van der Waals surface area contributed by atoms with Crippen LogP contribution >= 0.6 is 23.5 Å². The Morgan fingerprint density at radius 3 is 1.05 bits per heavy atom. The first-order chi connectivity index (χ1) is 18.0. The fraction of sp³-hybridized carbons (Fsp3) is 0.935. The Morgan fingerprint density at radius 2 is 0.757 bits per heavy atom. The van der Waals surface area contributed by atoms with Crippen LogP contribution in [0.15, 0.2) is 0 Å². The van der Waals surface area contributed by atoms with Gasteiger partial charge in [0.2, 0.25) is 11.8 Å². The van der Waals surface area contributed by atoms with Crippen LogP contribution in [-0.4, -0.2) is 40.5 Å². The molecule has 0 aliphatic heterocycles. The van der Waals surface area contributed by atoms with Gasteiger partial charge in [0.05, 0.1) is 17.2 Å². The van der Waals surface area contributed by atoms with Gasteiger partial charge in [0, 0.05) is 0 Å². The lowest BCUT2D eigenvalue weighted by Gasteiger charge is -2.15. The Labute approximate surface area is 239 Å². The van der Waals surface area contributed by atoms with Crippen molar-refractivity contribution in [1.82, 2.24) is 10.6 Å². The summed E-state index contributed by atoms with van der Waals surface area (Å²) in [7, 11) is 0. The molecule has 0 spiro atoms. The van der Waals surface area contributed by atoms with Crippen LogP contribution in [0.1, 0.15) is 156 Å². The maximum atomic E-state index is 12.3. The monoisotopic (exact) mass is 558 g/mol. The summed E-state index contributed by atoms with van der Waals surface area (Å²) < 4.78 is 0. The first kappa shape index (κ1) is 36.6. The summed E-state index contributed by atoms with van der Waals surface area (Å²) in [5, 5.41) is 5.60. The lowest BCUT2D eigenvalue weighted by Crippen LogP contribution is -2.42. The molecule has 0 heterocycles. The molecule has 0 aromatic heterocycles. The van der Waals surface area contributed by atoms with Gasteiger partial charge in [0.1, 0.15) is 0 Å². The highest BCUT2D eigenvalue weighted by Gasteiger charge is 2.15. The molecule has 0 radical (unpaired) electrons. The fourth-order valence-electron chi connectivity index (χ4n) is 4.36. The van der Waals surface area contributed by atoms with Crippen LogP contribution in [-0.2, 0) is 9.59 Å². The molecular formula is C31H62N2O2S2. The van der Waals surface area contributed by atoms with E-state index in [-0.39, 0.29) is 29.0 Å². The van der Waals surface area contributed by atoms with Gasteiger partial charge >= 0.3 is 0 Å². The zero-order valence-corrected chi connectivity index (χ0v) is 26.7. The molecule has 0 saturated carbocycles. The molecule has 2 atom stereocenters. The minimum atomic E-state index is -0.0707. The average Bonchev–Trinajstić information content (AvgIpc) is 2.89. The molecule has 0 fully saturated rings. The van der Waals surface area contributed by atoms with Crippen LogP contribution in [0.2, 0.25) is 0 Å². The zero-order valence-electron chi connectivity index (χ0n) is 25.1. The predicted molar refractivity (Wildman–Crippen MR) is 169 cm³/mol. The second-order valence-corrected chi connectivity index (χ2v) is 13.5. The van der Waals surface area contributed by atoms with E-state index < -0.39 is 0 Å². The second-order valence-electron chi connectivity index (χ2n) is 10.6. The van der Waals surface area contributed by atoms with E-state index in [2.05, 4.69) is 24.5 Å². The third-order valence-electron chi connectivity index (χ3n) is 7.00. The molecule has 0 aromatic carbocycles. The first-order valence-electron chi connectivity index (χ1n) is 15.8. The zero-order chi connectivity index (χ0) is 27.4. The molecule has 0 aromatic rings. The van der Waals surface area contributed by atoms with Gasteiger partial charge in [-0.25, -0.2) is 0 Å². The van der Waals surface area contributed by atoms with Gasteiger partial charge in [0.25, 0.3) is 0 Å². The van der Waals surface area contributed by atoms with Crippen LogP contribution < -0.4 is 10.6 Å². The molecule has 2 N–H and O–H groups in total. The third-order valence-corrected chi connectivity index (χ3v) is 9.47. The fourth-order valence-corrected chi connectivity index (χ4v) is 6.27. The van der Waals surface area contributed by atoms with E-state index in [0.717, 1.165) is 11.5 Å². The number of hydrogen-bond acceptors (Lipinski definition) is 4. The van der Waals surface area contributed by atoms with E-state index >= 15 is 0 Å². The summed E-state index contributed by atoms with van der Waals surface area (Å²) in [6.45, 7) is 8.68. The van der Waals surface area contributed by atoms with E-state index in [1.54, 1.807) is 23.5 Å². The smallest absolute Gasteiger partial charge is 0.234 e. The Kier molecular flexibility index (Phi) is 28.4. The standard InChI is InChI=1S/C31H62N2O2S2/c1-5-7-9-11-13-15-17-19-21-23-25-36-28(3)30(34)32-27-33-31(35)29(4)37-26-24-22-20-18-16-14-12-10-8-6-2/h28-29H,5-27H2,1-4H3,(H,32,34)(H,33,35). The summed E-state index contributed by atoms with van der Waals surface area (Å²) in [6, 6.07) is 0. The number of carbonyl (C=O) groups excluding carboxylic acids is 2. The number of hydrogen-bond donors (Lipinski definition) is 2. The summed E-state index contributed by atoms with van der Waals surface area (Å²) in [5.74, 6) is 2.10. The topological polar surface area (TPSA) is 58.2 Å². The summed E-state index contributed by atoms with van der Waals surface area (Å²) in [5.41, 5.74) is 0. The highest BCUT2D eigenvalue weighted by atomic mass is 32.2. The molecule has 2 amide bonds. The molecule has 4 nitrogen and oxygen atoms in total. The molecule has 220 valence electrons. The molecule has 0 aliphatic carbocycles. The van der Waals surface area contributed by atoms with Gasteiger partial charge < -0.3 is 10.6 Å². The predicted octanol–water partition coefficient (Wildman–Crippen LogP) is 9.26. The average molecular weight is 559 g/mol. The Bertz CT molecular complexity index is 475. The van der Waals surface area contributed by atoms with Gasteiger partial charge in [-0.2, -0.15) is 0 Å². The minimum Gasteiger partial charge on any atom is -0.338 e. The van der Waals surface area contributed by atoms with Gasteiger partial charge in [-0.3, -0.25) is 9.59 Å². The second kappa shape index (κ2) is 28.6. The highest BCUT2D eigenvalue weighted by molar-refractivity contribution is 8.00. The summed E-state index contributed by atoms with van der Waals surface area (Å²) in [6.07, 6.45) is 26.7. The number of nitrogens with one attached hydrogen (secondary N) is 2. The first-order valence-corrected chi connectivity index (χ1v) is 17.9. The van der Waals surface area contributed by atoms with Crippen LogP contribution in [0, 0.1) is 0 Å². The number of unbranched alkanes of at least 4 members (excludes halogenated alkanes) is 18. The largest absolute Gasteiger partial charge is 0.338 e. The van der Waals surface area contributed by atoms with Crippen LogP contribution in [0.3, 0.4) is 0 Å². The molecular weight excluding hydrogens is 496 g/mol. The molecule has 6 heteroatoms. The van der Waals surface area contributed by atoms with Crippen molar-refractivity contribution in [2.75, 3.05) is 18.2 Å². The quantitative estimate of drug-likeness (QED) is 0.0742. The van der Waals surface area contributed by atoms with E-state index in [4.69, 9.17) is 0 Å². The summed E-state index contributed by atoms with van der Waals surface area (Å²) >= 11 is 3.45. The Hall–Kier alpha value is -0.360. The number of amides is 2. The van der Waals surface area contributed by atoms with E-state index in [0.29, 0.717) is 0 Å². The van der Waals surface area contributed by atoms with Crippen molar-refractivity contribution in [3.8, 4) is 0 Å². The lowest BCUT2D eigenvalue weighted by atomic mass is 10.1. The van der Waals surface area contributed by atoms with Crippen molar-refractivity contribution >= 4 is 35.3 Å². The van der Waals surface area contributed by atoms with Crippen molar-refractivity contribution < 1.29 is 9.59 Å². The van der Waals surface area contributed by atoms with Crippen LogP contribution in [0.5, 0.6) is 0 Å². The van der Waals surface area contributed by atoms with Crippen molar-refractivity contribution in [3.63, 3.8) is 0 Å². The Morgan fingerprint density at radius 1 is 0.486 bits per heavy atom. The van der Waals surface area contributed by atoms with Gasteiger partial charge in [-0.05, 0) is 38.2 Å². The number of carbonyl (C=O) groups is 2. The van der Waals surface area contributed by atoms with E-state index in [9.17, 15) is 9.59 Å². The minimum absolute atomic E-state index is 0.0167. The lowest BCUT2D eigenvalue weighted by molar-refractivity contribution is -0.122. The van der Waals surface area contributed by atoms with Crippen molar-refractivity contribution in [2.45, 2.75) is 167 Å². The molecule has 2 unspecified atom stereocenters. The summed E-state index contributed by atoms with van der Waals surface area (Å²) in [4.78, 5) is 24.6. The normalized spacial score (nSPS) is 12.9. The molecule has 0 bridgehead atoms. The number of thioether (sulfide) groups is 2. The maximum absolute atomic E-state index is 12.3. The highest BCUT2D eigenvalue weighted by Crippen LogP contribution is 2.17. The molecule has 0 rings (SSSR count). The van der Waals surface area contributed by atoms with Crippen LogP contribution in [0.4, 0.5) is 0 Å². The van der Waals surface area contributed by atoms with E-state index in [1.165, 1.54) is 128 Å². The van der Waals surface area contributed by atoms with Gasteiger partial charge in [-0.1, -0.05) is 129 Å². The SMILES string of the molecule is CCCCCCCCCCCCSC(C)C(=O)NCNC(=O)C(C)SCCCCCCCCCCCC. The van der Waals surface area contributed by atoms with Crippen molar-refractivity contribution in [1.29, 1.82) is 0 Å². The number of rotatable bonds is 28. The van der Waals surface area contributed by atoms with Crippen molar-refractivity contribution in [3.05, 3.63) is 0 Å². The molecule has 0 aliphatic rings. The van der Waals surface area contributed by atoms with Crippen molar-refractivity contribution in [2.24, 2.45) is 0 Å². The molecule has 37 heavy (non-hydrogen) atoms. The third kappa shape index (κ3) is 25.7. The van der Waals surface area contributed by atoms with E-state index in [1.807, 2.05) is 13.8 Å². The Balaban J connectivity index is 3.56. The molecule has 0 saturated heterocycles. The van der Waals surface area contributed by atoms with Gasteiger partial charge in [0.15, 0.2) is 0 Å².